The molecule has 0 fully saturated rings. The molecule has 0 aliphatic rings. The van der Waals surface area contributed by atoms with Gasteiger partial charge in [-0.2, -0.15) is 0 Å². The molecule has 0 amide bonds. The van der Waals surface area contributed by atoms with Crippen LogP contribution in [-0.2, 0) is 4.74 Å². The second kappa shape index (κ2) is 11.8. The van der Waals surface area contributed by atoms with E-state index < -0.39 is 7.26 Å². The molecule has 0 spiro atoms. The van der Waals surface area contributed by atoms with E-state index in [2.05, 4.69) is 84.7 Å². The van der Waals surface area contributed by atoms with Gasteiger partial charge in [0.05, 0.1) is 18.4 Å². The van der Waals surface area contributed by atoms with Gasteiger partial charge in [0.1, 0.15) is 29.3 Å². The molecule has 0 heterocycles. The van der Waals surface area contributed by atoms with Gasteiger partial charge in [0.15, 0.2) is 0 Å². The SMILES string of the molecule is C=C(C[P+](c1ccccc1)(c1ccccc1)c1ccccc1)Nc1ccccc1C(=O)OC.[Br-]. The van der Waals surface area contributed by atoms with Gasteiger partial charge in [-0.1, -0.05) is 73.3 Å². The lowest BCUT2D eigenvalue weighted by Gasteiger charge is -2.28. The second-order valence-electron chi connectivity index (χ2n) is 7.74. The van der Waals surface area contributed by atoms with E-state index >= 15 is 0 Å². The van der Waals surface area contributed by atoms with Crippen molar-refractivity contribution in [3.05, 3.63) is 133 Å². The zero-order chi connectivity index (χ0) is 23.1. The first kappa shape index (κ1) is 25.4. The molecule has 4 rings (SSSR count). The summed E-state index contributed by atoms with van der Waals surface area (Å²) >= 11 is 0. The average molecular weight is 532 g/mol. The Hall–Kier alpha value is -3.20. The molecule has 172 valence electrons. The summed E-state index contributed by atoms with van der Waals surface area (Å²) in [6, 6.07) is 39.4. The molecular weight excluding hydrogens is 505 g/mol. The summed E-state index contributed by atoms with van der Waals surface area (Å²) in [5.41, 5.74) is 2.03. The van der Waals surface area contributed by atoms with Crippen molar-refractivity contribution in [2.75, 3.05) is 18.6 Å². The molecule has 0 atom stereocenters. The lowest BCUT2D eigenvalue weighted by molar-refractivity contribution is -0.0000211. The number of para-hydroxylation sites is 1. The number of carbonyl (C=O) groups is 1. The largest absolute Gasteiger partial charge is 1.00 e. The minimum atomic E-state index is -2.07. The predicted octanol–water partition coefficient (Wildman–Crippen LogP) is 2.40. The van der Waals surface area contributed by atoms with Gasteiger partial charge < -0.3 is 27.0 Å². The molecule has 4 aromatic rings. The summed E-state index contributed by atoms with van der Waals surface area (Å²) in [5.74, 6) is -0.374. The number of nitrogens with one attached hydrogen (secondary N) is 1. The van der Waals surface area contributed by atoms with Crippen LogP contribution in [0.1, 0.15) is 10.4 Å². The molecule has 0 aliphatic heterocycles. The highest BCUT2D eigenvalue weighted by molar-refractivity contribution is 7.95. The Morgan fingerprint density at radius 2 is 1.15 bits per heavy atom. The zero-order valence-electron chi connectivity index (χ0n) is 19.0. The molecule has 5 heteroatoms. The van der Waals surface area contributed by atoms with Gasteiger partial charge in [-0.15, -0.1) is 0 Å². The molecule has 0 bridgehead atoms. The van der Waals surface area contributed by atoms with Gasteiger partial charge in [-0.25, -0.2) is 4.79 Å². The minimum Gasteiger partial charge on any atom is -1.00 e. The zero-order valence-corrected chi connectivity index (χ0v) is 21.5. The molecule has 0 saturated heterocycles. The van der Waals surface area contributed by atoms with E-state index in [4.69, 9.17) is 4.74 Å². The first-order valence-corrected chi connectivity index (χ1v) is 12.8. The summed E-state index contributed by atoms with van der Waals surface area (Å²) in [4.78, 5) is 12.3. The first-order chi connectivity index (χ1) is 16.1. The quantitative estimate of drug-likeness (QED) is 0.280. The lowest BCUT2D eigenvalue weighted by Crippen LogP contribution is -3.00. The third-order valence-corrected chi connectivity index (χ3v) is 10.1. The monoisotopic (exact) mass is 531 g/mol. The van der Waals surface area contributed by atoms with Crippen LogP contribution in [0, 0.1) is 0 Å². The Balaban J connectivity index is 0.00000324. The highest BCUT2D eigenvalue weighted by Gasteiger charge is 2.45. The number of esters is 1. The first-order valence-electron chi connectivity index (χ1n) is 10.8. The van der Waals surface area contributed by atoms with E-state index in [9.17, 15) is 4.79 Å². The van der Waals surface area contributed by atoms with Gasteiger partial charge in [0, 0.05) is 5.70 Å². The van der Waals surface area contributed by atoms with Crippen molar-refractivity contribution in [3.63, 3.8) is 0 Å². The van der Waals surface area contributed by atoms with Crippen molar-refractivity contribution in [1.82, 2.24) is 0 Å². The molecule has 3 nitrogen and oxygen atoms in total. The number of hydrogen-bond donors (Lipinski definition) is 1. The van der Waals surface area contributed by atoms with E-state index in [-0.39, 0.29) is 23.0 Å². The van der Waals surface area contributed by atoms with Crippen molar-refractivity contribution < 1.29 is 26.5 Å². The molecule has 0 saturated carbocycles. The standard InChI is InChI=1S/C29H26NO2P.BrH/c1-23(30-28-21-13-12-20-27(28)29(31)32-2)22-33(24-14-6-3-7-15-24,25-16-8-4-9-17-25)26-18-10-5-11-19-26;/h3-21H,1,22H2,2H3;1H. The maximum atomic E-state index is 12.3. The van der Waals surface area contributed by atoms with Crippen LogP contribution in [0.2, 0.25) is 0 Å². The van der Waals surface area contributed by atoms with E-state index in [0.29, 0.717) is 17.4 Å². The highest BCUT2D eigenvalue weighted by atomic mass is 79.9. The fourth-order valence-corrected chi connectivity index (χ4v) is 8.30. The molecule has 0 unspecified atom stereocenters. The Labute approximate surface area is 212 Å². The minimum absolute atomic E-state index is 0. The number of hydrogen-bond acceptors (Lipinski definition) is 3. The predicted molar refractivity (Wildman–Crippen MR) is 141 cm³/mol. The molecule has 0 aliphatic carbocycles. The van der Waals surface area contributed by atoms with Crippen LogP contribution in [0.4, 0.5) is 5.69 Å². The van der Waals surface area contributed by atoms with Crippen molar-refractivity contribution in [2.45, 2.75) is 0 Å². The van der Waals surface area contributed by atoms with E-state index in [1.807, 2.05) is 36.4 Å². The fourth-order valence-electron chi connectivity index (χ4n) is 4.16. The smallest absolute Gasteiger partial charge is 0.339 e. The average Bonchev–Trinajstić information content (AvgIpc) is 2.88. The van der Waals surface area contributed by atoms with Gasteiger partial charge in [0.25, 0.3) is 0 Å². The summed E-state index contributed by atoms with van der Waals surface area (Å²) in [7, 11) is -0.677. The van der Waals surface area contributed by atoms with Crippen LogP contribution in [0.5, 0.6) is 0 Å². The van der Waals surface area contributed by atoms with Crippen LogP contribution >= 0.6 is 7.26 Å². The second-order valence-corrected chi connectivity index (χ2v) is 11.2. The number of anilines is 1. The van der Waals surface area contributed by atoms with Crippen LogP contribution in [0.3, 0.4) is 0 Å². The van der Waals surface area contributed by atoms with E-state index in [1.165, 1.54) is 23.0 Å². The van der Waals surface area contributed by atoms with E-state index in [0.717, 1.165) is 5.70 Å². The van der Waals surface area contributed by atoms with Gasteiger partial charge >= 0.3 is 5.97 Å². The van der Waals surface area contributed by atoms with Gasteiger partial charge in [0.2, 0.25) is 0 Å². The van der Waals surface area contributed by atoms with E-state index in [1.54, 1.807) is 6.07 Å². The van der Waals surface area contributed by atoms with Crippen molar-refractivity contribution in [2.24, 2.45) is 0 Å². The molecule has 0 aromatic heterocycles. The van der Waals surface area contributed by atoms with Gasteiger partial charge in [-0.3, -0.25) is 0 Å². The third kappa shape index (κ3) is 5.30. The number of allylic oxidation sites excluding steroid dienone is 1. The maximum absolute atomic E-state index is 12.3. The number of ether oxygens (including phenoxy) is 1. The molecule has 34 heavy (non-hydrogen) atoms. The molecular formula is C29H27BrNO2P. The summed E-state index contributed by atoms with van der Waals surface area (Å²) < 4.78 is 4.97. The fraction of sp³-hybridized carbons (Fsp3) is 0.0690. The Morgan fingerprint density at radius 3 is 1.59 bits per heavy atom. The Bertz CT molecular complexity index is 1130. The topological polar surface area (TPSA) is 38.3 Å². The normalized spacial score (nSPS) is 10.6. The number of methoxy groups -OCH3 is 1. The Kier molecular flexibility index (Phi) is 8.81. The van der Waals surface area contributed by atoms with Crippen LogP contribution in [0.15, 0.2) is 128 Å². The van der Waals surface area contributed by atoms with Gasteiger partial charge in [-0.05, 0) is 48.5 Å². The number of rotatable bonds is 8. The highest BCUT2D eigenvalue weighted by Crippen LogP contribution is 2.56. The van der Waals surface area contributed by atoms with Crippen molar-refractivity contribution >= 4 is 34.8 Å². The molecule has 0 radical (unpaired) electrons. The van der Waals surface area contributed by atoms with Crippen molar-refractivity contribution in [3.8, 4) is 0 Å². The maximum Gasteiger partial charge on any atom is 0.339 e. The number of benzene rings is 4. The van der Waals surface area contributed by atoms with Crippen LogP contribution in [-0.4, -0.2) is 19.2 Å². The Morgan fingerprint density at radius 1 is 0.735 bits per heavy atom. The molecule has 1 N–H and O–H groups in total. The number of carbonyl (C=O) groups excluding carboxylic acids is 1. The number of halogens is 1. The third-order valence-electron chi connectivity index (χ3n) is 5.66. The summed E-state index contributed by atoms with van der Waals surface area (Å²) in [6.45, 7) is 4.40. The summed E-state index contributed by atoms with van der Waals surface area (Å²) in [6.07, 6.45) is 0.709. The summed E-state index contributed by atoms with van der Waals surface area (Å²) in [5, 5.41) is 7.27. The van der Waals surface area contributed by atoms with Crippen molar-refractivity contribution in [1.29, 1.82) is 0 Å². The lowest BCUT2D eigenvalue weighted by atomic mass is 10.2. The van der Waals surface area contributed by atoms with Crippen LogP contribution < -0.4 is 38.2 Å². The van der Waals surface area contributed by atoms with Crippen LogP contribution in [0.25, 0.3) is 0 Å². The molecule has 4 aromatic carbocycles.